The van der Waals surface area contributed by atoms with Gasteiger partial charge < -0.3 is 26.8 Å². The van der Waals surface area contributed by atoms with Gasteiger partial charge in [0.05, 0.1) is 6.54 Å². The molecule has 0 aromatic carbocycles. The Labute approximate surface area is 177 Å². The van der Waals surface area contributed by atoms with E-state index < -0.39 is 41.8 Å². The number of nitrogens with one attached hydrogen (secondary N) is 3. The zero-order chi connectivity index (χ0) is 22.6. The largest absolute Gasteiger partial charge is 0.480 e. The van der Waals surface area contributed by atoms with Gasteiger partial charge in [-0.05, 0) is 43.1 Å². The number of carboxylic acids is 1. The molecule has 0 fully saturated rings. The quantitative estimate of drug-likeness (QED) is 0.265. The average molecular weight is 433 g/mol. The van der Waals surface area contributed by atoms with Crippen LogP contribution >= 0.6 is 11.8 Å². The maximum Gasteiger partial charge on any atom is 0.326 e. The minimum absolute atomic E-state index is 0.0811. The third-order valence-corrected chi connectivity index (χ3v) is 4.75. The molecule has 0 aliphatic rings. The number of carboxylic acid groups (broad SMARTS) is 1. The van der Waals surface area contributed by atoms with E-state index in [9.17, 15) is 24.3 Å². The van der Waals surface area contributed by atoms with Gasteiger partial charge in [0, 0.05) is 0 Å². The number of thioether (sulfide) groups is 1. The standard InChI is InChI=1S/C19H36N4O5S/c1-11(2)8-14(21-16(24)10-20)18(26)22-13(6-7-29-5)17(25)23-15(19(27)28)9-12(3)4/h11-15H,6-10,20H2,1-5H3,(H,21,24)(H,22,26)(H,23,25)(H,27,28). The molecule has 6 N–H and O–H groups in total. The fraction of sp³-hybridized carbons (Fsp3) is 0.789. The van der Waals surface area contributed by atoms with Crippen molar-refractivity contribution in [2.45, 2.75) is 65.1 Å². The van der Waals surface area contributed by atoms with Gasteiger partial charge in [-0.3, -0.25) is 14.4 Å². The van der Waals surface area contributed by atoms with Crippen LogP contribution in [-0.4, -0.2) is 65.5 Å². The van der Waals surface area contributed by atoms with E-state index in [1.54, 1.807) is 0 Å². The van der Waals surface area contributed by atoms with Gasteiger partial charge in [-0.2, -0.15) is 11.8 Å². The minimum Gasteiger partial charge on any atom is -0.480 e. The molecule has 0 bridgehead atoms. The Morgan fingerprint density at radius 2 is 1.34 bits per heavy atom. The molecule has 0 spiro atoms. The second kappa shape index (κ2) is 14.2. The molecule has 0 radical (unpaired) electrons. The summed E-state index contributed by atoms with van der Waals surface area (Å²) < 4.78 is 0. The molecular formula is C19H36N4O5S. The van der Waals surface area contributed by atoms with Crippen LogP contribution in [0.5, 0.6) is 0 Å². The average Bonchev–Trinajstić information content (AvgIpc) is 2.62. The lowest BCUT2D eigenvalue weighted by atomic mass is 10.0. The molecule has 0 saturated heterocycles. The highest BCUT2D eigenvalue weighted by Gasteiger charge is 2.29. The third kappa shape index (κ3) is 11.7. The molecule has 9 nitrogen and oxygen atoms in total. The normalized spacial score (nSPS) is 14.2. The highest BCUT2D eigenvalue weighted by Crippen LogP contribution is 2.09. The number of hydrogen-bond acceptors (Lipinski definition) is 6. The predicted octanol–water partition coefficient (Wildman–Crippen LogP) is 0.329. The Morgan fingerprint density at radius 3 is 1.79 bits per heavy atom. The van der Waals surface area contributed by atoms with Crippen LogP contribution in [0.4, 0.5) is 0 Å². The van der Waals surface area contributed by atoms with E-state index >= 15 is 0 Å². The van der Waals surface area contributed by atoms with Crippen molar-refractivity contribution in [2.75, 3.05) is 18.6 Å². The number of hydrogen-bond donors (Lipinski definition) is 5. The van der Waals surface area contributed by atoms with Gasteiger partial charge in [0.2, 0.25) is 17.7 Å². The number of carbonyl (C=O) groups is 4. The van der Waals surface area contributed by atoms with Crippen LogP contribution in [0, 0.1) is 11.8 Å². The molecule has 10 heteroatoms. The molecule has 3 unspecified atom stereocenters. The summed E-state index contributed by atoms with van der Waals surface area (Å²) in [6, 6.07) is -2.74. The van der Waals surface area contributed by atoms with E-state index in [-0.39, 0.29) is 24.8 Å². The van der Waals surface area contributed by atoms with Gasteiger partial charge in [-0.15, -0.1) is 0 Å². The van der Waals surface area contributed by atoms with Crippen LogP contribution in [-0.2, 0) is 19.2 Å². The van der Waals surface area contributed by atoms with Crippen molar-refractivity contribution < 1.29 is 24.3 Å². The van der Waals surface area contributed by atoms with E-state index in [4.69, 9.17) is 5.73 Å². The van der Waals surface area contributed by atoms with Crippen LogP contribution in [0.2, 0.25) is 0 Å². The summed E-state index contributed by atoms with van der Waals surface area (Å²) in [5.41, 5.74) is 5.32. The first kappa shape index (κ1) is 27.2. The maximum absolute atomic E-state index is 12.7. The molecule has 3 atom stereocenters. The molecule has 0 saturated carbocycles. The van der Waals surface area contributed by atoms with Gasteiger partial charge in [-0.25, -0.2) is 4.79 Å². The highest BCUT2D eigenvalue weighted by molar-refractivity contribution is 7.98. The summed E-state index contributed by atoms with van der Waals surface area (Å²) >= 11 is 1.51. The number of aliphatic carboxylic acids is 1. The summed E-state index contributed by atoms with van der Waals surface area (Å²) in [5, 5.41) is 17.1. The number of carbonyl (C=O) groups excluding carboxylic acids is 3. The lowest BCUT2D eigenvalue weighted by molar-refractivity contribution is -0.142. The Balaban J connectivity index is 5.30. The highest BCUT2D eigenvalue weighted by atomic mass is 32.2. The van der Waals surface area contributed by atoms with Gasteiger partial charge in [0.15, 0.2) is 0 Å². The summed E-state index contributed by atoms with van der Waals surface area (Å²) in [5.74, 6) is -1.80. The maximum atomic E-state index is 12.7. The molecule has 0 aromatic rings. The molecule has 3 amide bonds. The van der Waals surface area contributed by atoms with Crippen molar-refractivity contribution in [1.82, 2.24) is 16.0 Å². The van der Waals surface area contributed by atoms with Crippen molar-refractivity contribution in [1.29, 1.82) is 0 Å². The van der Waals surface area contributed by atoms with Crippen molar-refractivity contribution in [3.8, 4) is 0 Å². The first-order valence-corrected chi connectivity index (χ1v) is 11.2. The van der Waals surface area contributed by atoms with Gasteiger partial charge >= 0.3 is 5.97 Å². The summed E-state index contributed by atoms with van der Waals surface area (Å²) in [4.78, 5) is 48.5. The predicted molar refractivity (Wildman–Crippen MR) is 114 cm³/mol. The van der Waals surface area contributed by atoms with E-state index in [0.29, 0.717) is 18.6 Å². The Morgan fingerprint density at radius 1 is 0.862 bits per heavy atom. The first-order chi connectivity index (χ1) is 13.5. The van der Waals surface area contributed by atoms with Crippen molar-refractivity contribution in [3.05, 3.63) is 0 Å². The van der Waals surface area contributed by atoms with Gasteiger partial charge in [0.25, 0.3) is 0 Å². The van der Waals surface area contributed by atoms with E-state index in [0.717, 1.165) is 0 Å². The van der Waals surface area contributed by atoms with Crippen molar-refractivity contribution in [3.63, 3.8) is 0 Å². The minimum atomic E-state index is -1.12. The van der Waals surface area contributed by atoms with Crippen LogP contribution < -0.4 is 21.7 Å². The second-order valence-electron chi connectivity index (χ2n) is 7.83. The molecule has 0 rings (SSSR count). The second-order valence-corrected chi connectivity index (χ2v) is 8.81. The Bertz CT molecular complexity index is 557. The van der Waals surface area contributed by atoms with Crippen LogP contribution in [0.15, 0.2) is 0 Å². The third-order valence-electron chi connectivity index (χ3n) is 4.11. The lowest BCUT2D eigenvalue weighted by Gasteiger charge is -2.25. The Hall–Kier alpha value is -1.81. The molecule has 0 heterocycles. The monoisotopic (exact) mass is 432 g/mol. The Kier molecular flexibility index (Phi) is 13.3. The first-order valence-electron chi connectivity index (χ1n) is 9.83. The van der Waals surface area contributed by atoms with Crippen molar-refractivity contribution in [2.24, 2.45) is 17.6 Å². The fourth-order valence-corrected chi connectivity index (χ4v) is 3.17. The van der Waals surface area contributed by atoms with Crippen LogP contribution in [0.25, 0.3) is 0 Å². The lowest BCUT2D eigenvalue weighted by Crippen LogP contribution is -2.56. The van der Waals surface area contributed by atoms with E-state index in [2.05, 4.69) is 16.0 Å². The number of rotatable bonds is 14. The van der Waals surface area contributed by atoms with Crippen molar-refractivity contribution >= 4 is 35.5 Å². The number of nitrogens with two attached hydrogens (primary N) is 1. The van der Waals surface area contributed by atoms with Gasteiger partial charge in [-0.1, -0.05) is 27.7 Å². The van der Waals surface area contributed by atoms with Crippen LogP contribution in [0.1, 0.15) is 47.0 Å². The smallest absolute Gasteiger partial charge is 0.326 e. The van der Waals surface area contributed by atoms with Crippen LogP contribution in [0.3, 0.4) is 0 Å². The summed E-state index contributed by atoms with van der Waals surface area (Å²) in [6.45, 7) is 7.32. The SMILES string of the molecule is CSCCC(NC(=O)C(CC(C)C)NC(=O)CN)C(=O)NC(CC(C)C)C(=O)O. The zero-order valence-electron chi connectivity index (χ0n) is 18.0. The summed E-state index contributed by atoms with van der Waals surface area (Å²) in [6.07, 6.45) is 2.89. The van der Waals surface area contributed by atoms with Gasteiger partial charge in [0.1, 0.15) is 18.1 Å². The molecule has 29 heavy (non-hydrogen) atoms. The molecule has 0 aliphatic carbocycles. The molecule has 0 aliphatic heterocycles. The van der Waals surface area contributed by atoms with E-state index in [1.165, 1.54) is 11.8 Å². The fourth-order valence-electron chi connectivity index (χ4n) is 2.70. The molecule has 168 valence electrons. The zero-order valence-corrected chi connectivity index (χ0v) is 18.8. The summed E-state index contributed by atoms with van der Waals surface area (Å²) in [7, 11) is 0. The molecule has 0 aromatic heterocycles. The number of amides is 3. The van der Waals surface area contributed by atoms with E-state index in [1.807, 2.05) is 34.0 Å². The molecular weight excluding hydrogens is 396 g/mol. The topological polar surface area (TPSA) is 151 Å².